The van der Waals surface area contributed by atoms with Crippen LogP contribution in [0.15, 0.2) is 55.0 Å². The molecule has 1 aliphatic rings. The lowest BCUT2D eigenvalue weighted by Gasteiger charge is -2.20. The molecule has 4 aromatic rings. The number of aryl methyl sites for hydroxylation is 1. The van der Waals surface area contributed by atoms with Gasteiger partial charge in [0.15, 0.2) is 5.82 Å². The molecule has 0 bridgehead atoms. The van der Waals surface area contributed by atoms with Crippen LogP contribution in [0.5, 0.6) is 0 Å². The fraction of sp³-hybridized carbons (Fsp3) is 0.321. The van der Waals surface area contributed by atoms with Crippen molar-refractivity contribution in [2.45, 2.75) is 45.7 Å². The SMILES string of the molecule is Cc1ccc(C(=O)Nc2cccc(C(C)(C)C)c2)cc1Nc1ncnc2cnc(N3CCC(F)C3)nc12. The van der Waals surface area contributed by atoms with Crippen LogP contribution in [0.2, 0.25) is 0 Å². The molecule has 0 aliphatic carbocycles. The normalized spacial score (nSPS) is 15.7. The summed E-state index contributed by atoms with van der Waals surface area (Å²) in [5, 5.41) is 6.32. The average Bonchev–Trinajstić information content (AvgIpc) is 3.31. The second kappa shape index (κ2) is 9.72. The van der Waals surface area contributed by atoms with Gasteiger partial charge in [0.25, 0.3) is 5.91 Å². The van der Waals surface area contributed by atoms with Crippen molar-refractivity contribution in [2.75, 3.05) is 28.6 Å². The summed E-state index contributed by atoms with van der Waals surface area (Å²) >= 11 is 0. The Bertz CT molecular complexity index is 1470. The molecular weight excluding hydrogens is 469 g/mol. The van der Waals surface area contributed by atoms with Crippen LogP contribution in [-0.4, -0.2) is 45.1 Å². The lowest BCUT2D eigenvalue weighted by molar-refractivity contribution is 0.102. The predicted molar refractivity (Wildman–Crippen MR) is 144 cm³/mol. The van der Waals surface area contributed by atoms with Gasteiger partial charge in [-0.15, -0.1) is 0 Å². The number of amides is 1. The first-order chi connectivity index (χ1) is 17.7. The topological polar surface area (TPSA) is 95.9 Å². The molecule has 1 amide bonds. The summed E-state index contributed by atoms with van der Waals surface area (Å²) in [5.74, 6) is 0.733. The molecule has 1 atom stereocenters. The highest BCUT2D eigenvalue weighted by Crippen LogP contribution is 2.28. The first-order valence-electron chi connectivity index (χ1n) is 12.3. The zero-order chi connectivity index (χ0) is 26.2. The van der Waals surface area contributed by atoms with Crippen molar-refractivity contribution in [1.82, 2.24) is 19.9 Å². The highest BCUT2D eigenvalue weighted by Gasteiger charge is 2.24. The van der Waals surface area contributed by atoms with Crippen LogP contribution >= 0.6 is 0 Å². The van der Waals surface area contributed by atoms with Crippen LogP contribution in [0.3, 0.4) is 0 Å². The van der Waals surface area contributed by atoms with Crippen LogP contribution < -0.4 is 15.5 Å². The van der Waals surface area contributed by atoms with Gasteiger partial charge in [-0.1, -0.05) is 39.0 Å². The molecule has 5 rings (SSSR count). The third-order valence-electron chi connectivity index (χ3n) is 6.52. The molecule has 190 valence electrons. The second-order valence-corrected chi connectivity index (χ2v) is 10.4. The average molecular weight is 500 g/mol. The fourth-order valence-electron chi connectivity index (χ4n) is 4.28. The zero-order valence-corrected chi connectivity index (χ0v) is 21.4. The number of benzene rings is 2. The molecule has 9 heteroatoms. The van der Waals surface area contributed by atoms with Crippen molar-refractivity contribution in [1.29, 1.82) is 0 Å². The molecular formula is C28H30FN7O. The van der Waals surface area contributed by atoms with E-state index >= 15 is 0 Å². The number of halogens is 1. The number of nitrogens with one attached hydrogen (secondary N) is 2. The number of rotatable bonds is 5. The molecule has 0 radical (unpaired) electrons. The Morgan fingerprint density at radius 3 is 2.70 bits per heavy atom. The quantitative estimate of drug-likeness (QED) is 0.371. The van der Waals surface area contributed by atoms with Gasteiger partial charge in [0.05, 0.1) is 12.7 Å². The molecule has 2 aromatic carbocycles. The Labute approximate surface area is 215 Å². The first-order valence-corrected chi connectivity index (χ1v) is 12.3. The van der Waals surface area contributed by atoms with E-state index in [-0.39, 0.29) is 17.9 Å². The van der Waals surface area contributed by atoms with Gasteiger partial charge in [0.2, 0.25) is 5.95 Å². The minimum absolute atomic E-state index is 0.0201. The molecule has 1 aliphatic heterocycles. The number of aromatic nitrogens is 4. The molecule has 1 unspecified atom stereocenters. The number of alkyl halides is 1. The maximum Gasteiger partial charge on any atom is 0.255 e. The summed E-state index contributed by atoms with van der Waals surface area (Å²) < 4.78 is 13.7. The monoisotopic (exact) mass is 499 g/mol. The molecule has 0 spiro atoms. The van der Waals surface area contributed by atoms with E-state index in [4.69, 9.17) is 0 Å². The van der Waals surface area contributed by atoms with E-state index in [1.54, 1.807) is 18.3 Å². The first kappa shape index (κ1) is 24.5. The van der Waals surface area contributed by atoms with Crippen LogP contribution in [0, 0.1) is 6.92 Å². The van der Waals surface area contributed by atoms with Gasteiger partial charge in [-0.25, -0.2) is 24.3 Å². The van der Waals surface area contributed by atoms with E-state index in [2.05, 4.69) is 57.4 Å². The molecule has 2 N–H and O–H groups in total. The number of hydrogen-bond donors (Lipinski definition) is 2. The zero-order valence-electron chi connectivity index (χ0n) is 21.4. The van der Waals surface area contributed by atoms with Gasteiger partial charge in [-0.3, -0.25) is 4.79 Å². The molecule has 1 saturated heterocycles. The van der Waals surface area contributed by atoms with Crippen LogP contribution in [-0.2, 0) is 5.41 Å². The van der Waals surface area contributed by atoms with Crippen molar-refractivity contribution >= 4 is 40.1 Å². The highest BCUT2D eigenvalue weighted by atomic mass is 19.1. The minimum atomic E-state index is -0.878. The van der Waals surface area contributed by atoms with Crippen molar-refractivity contribution in [3.8, 4) is 0 Å². The van der Waals surface area contributed by atoms with Crippen LogP contribution in [0.4, 0.5) is 27.5 Å². The van der Waals surface area contributed by atoms with E-state index in [1.165, 1.54) is 6.33 Å². The Balaban J connectivity index is 1.41. The molecule has 2 aromatic heterocycles. The summed E-state index contributed by atoms with van der Waals surface area (Å²) in [6.07, 6.45) is 2.65. The number of nitrogens with zero attached hydrogens (tertiary/aromatic N) is 5. The van der Waals surface area contributed by atoms with E-state index in [9.17, 15) is 9.18 Å². The van der Waals surface area contributed by atoms with Crippen LogP contribution in [0.1, 0.15) is 48.7 Å². The summed E-state index contributed by atoms with van der Waals surface area (Å²) in [6.45, 7) is 9.21. The van der Waals surface area contributed by atoms with Crippen molar-refractivity contribution in [3.05, 3.63) is 71.7 Å². The Hall–Kier alpha value is -4.14. The molecule has 0 saturated carbocycles. The fourth-order valence-corrected chi connectivity index (χ4v) is 4.28. The van der Waals surface area contributed by atoms with Crippen molar-refractivity contribution in [3.63, 3.8) is 0 Å². The molecule has 37 heavy (non-hydrogen) atoms. The van der Waals surface area contributed by atoms with E-state index in [0.29, 0.717) is 41.3 Å². The Morgan fingerprint density at radius 2 is 1.95 bits per heavy atom. The Kier molecular flexibility index (Phi) is 6.45. The number of fused-ring (bicyclic) bond motifs is 1. The lowest BCUT2D eigenvalue weighted by atomic mass is 9.87. The van der Waals surface area contributed by atoms with E-state index < -0.39 is 6.17 Å². The Morgan fingerprint density at radius 1 is 1.11 bits per heavy atom. The van der Waals surface area contributed by atoms with Crippen LogP contribution in [0.25, 0.3) is 11.0 Å². The maximum atomic E-state index is 13.7. The smallest absolute Gasteiger partial charge is 0.255 e. The standard InChI is InChI=1S/C28H30FN7O/c1-17-8-9-18(26(37)33-21-7-5-6-19(13-21)28(2,3)4)12-22(17)34-25-24-23(31-16-32-25)14-30-27(35-24)36-11-10-20(29)15-36/h5-9,12-14,16,20H,10-11,15H2,1-4H3,(H,33,37)(H,31,32,34). The molecule has 1 fully saturated rings. The third-order valence-corrected chi connectivity index (χ3v) is 6.52. The minimum Gasteiger partial charge on any atom is -0.338 e. The van der Waals surface area contributed by atoms with Gasteiger partial charge in [0, 0.05) is 23.5 Å². The maximum absolute atomic E-state index is 13.7. The molecule has 3 heterocycles. The van der Waals surface area contributed by atoms with E-state index in [1.807, 2.05) is 36.1 Å². The van der Waals surface area contributed by atoms with Gasteiger partial charge >= 0.3 is 0 Å². The summed E-state index contributed by atoms with van der Waals surface area (Å²) in [7, 11) is 0. The van der Waals surface area contributed by atoms with Gasteiger partial charge in [-0.2, -0.15) is 0 Å². The third kappa shape index (κ3) is 5.35. The van der Waals surface area contributed by atoms with E-state index in [0.717, 1.165) is 22.5 Å². The van der Waals surface area contributed by atoms with Gasteiger partial charge in [-0.05, 0) is 54.2 Å². The summed E-state index contributed by atoms with van der Waals surface area (Å²) in [4.78, 5) is 32.6. The van der Waals surface area contributed by atoms with Gasteiger partial charge < -0.3 is 15.5 Å². The molecule has 8 nitrogen and oxygen atoms in total. The van der Waals surface area contributed by atoms with Crippen molar-refractivity contribution in [2.24, 2.45) is 0 Å². The summed E-state index contributed by atoms with van der Waals surface area (Å²) in [6, 6.07) is 13.4. The second-order valence-electron chi connectivity index (χ2n) is 10.4. The number of anilines is 4. The number of hydrogen-bond acceptors (Lipinski definition) is 7. The lowest BCUT2D eigenvalue weighted by Crippen LogP contribution is -2.22. The van der Waals surface area contributed by atoms with Gasteiger partial charge in [0.1, 0.15) is 23.5 Å². The summed E-state index contributed by atoms with van der Waals surface area (Å²) in [5.41, 5.74) is 5.14. The largest absolute Gasteiger partial charge is 0.338 e. The number of carbonyl (C=O) groups is 1. The number of carbonyl (C=O) groups excluding carboxylic acids is 1. The predicted octanol–water partition coefficient (Wildman–Crippen LogP) is 5.57. The highest BCUT2D eigenvalue weighted by molar-refractivity contribution is 6.05. The van der Waals surface area contributed by atoms with Crippen molar-refractivity contribution < 1.29 is 9.18 Å².